The maximum absolute atomic E-state index is 12.3. The molecular formula is C11H15N3O2S. The molecule has 1 unspecified atom stereocenters. The summed E-state index contributed by atoms with van der Waals surface area (Å²) < 4.78 is 0. The van der Waals surface area contributed by atoms with E-state index in [1.165, 1.54) is 11.3 Å². The molecule has 1 saturated heterocycles. The lowest BCUT2D eigenvalue weighted by atomic mass is 10.2. The van der Waals surface area contributed by atoms with Crippen molar-refractivity contribution in [3.8, 4) is 0 Å². The molecule has 2 rings (SSSR count). The van der Waals surface area contributed by atoms with Gasteiger partial charge in [-0.1, -0.05) is 0 Å². The Labute approximate surface area is 104 Å². The number of thiazole rings is 1. The minimum Gasteiger partial charge on any atom is -0.353 e. The van der Waals surface area contributed by atoms with E-state index in [1.807, 2.05) is 13.8 Å². The van der Waals surface area contributed by atoms with Crippen LogP contribution in [0.1, 0.15) is 27.3 Å². The Morgan fingerprint density at radius 3 is 2.82 bits per heavy atom. The Bertz CT molecular complexity index is 469. The van der Waals surface area contributed by atoms with Gasteiger partial charge >= 0.3 is 0 Å². The third kappa shape index (κ3) is 2.17. The average Bonchev–Trinajstić information content (AvgIpc) is 2.61. The van der Waals surface area contributed by atoms with Crippen LogP contribution in [0.25, 0.3) is 0 Å². The lowest BCUT2D eigenvalue weighted by Gasteiger charge is -2.32. The Morgan fingerprint density at radius 1 is 1.53 bits per heavy atom. The van der Waals surface area contributed by atoms with Gasteiger partial charge in [-0.2, -0.15) is 0 Å². The quantitative estimate of drug-likeness (QED) is 0.802. The van der Waals surface area contributed by atoms with Crippen LogP contribution >= 0.6 is 11.3 Å². The number of nitrogens with zero attached hydrogens (tertiary/aromatic N) is 2. The number of aryl methyl sites for hydroxylation is 2. The summed E-state index contributed by atoms with van der Waals surface area (Å²) in [5.41, 5.74) is 0.481. The van der Waals surface area contributed by atoms with Gasteiger partial charge in [0.2, 0.25) is 5.91 Å². The van der Waals surface area contributed by atoms with Crippen LogP contribution in [0, 0.1) is 13.8 Å². The van der Waals surface area contributed by atoms with Crippen molar-refractivity contribution < 1.29 is 9.59 Å². The largest absolute Gasteiger partial charge is 0.353 e. The van der Waals surface area contributed by atoms with Crippen molar-refractivity contribution in [2.45, 2.75) is 26.8 Å². The fraction of sp³-hybridized carbons (Fsp3) is 0.545. The standard InChI is InChI=1S/C11H15N3O2S/c1-6-10(15)12-4-5-14(6)11(16)9-7(2)17-8(3)13-9/h6H,4-5H2,1-3H3,(H,12,15). The van der Waals surface area contributed by atoms with Crippen molar-refractivity contribution in [1.29, 1.82) is 0 Å². The Hall–Kier alpha value is -1.43. The van der Waals surface area contributed by atoms with E-state index in [0.29, 0.717) is 18.8 Å². The molecule has 5 nitrogen and oxygen atoms in total. The van der Waals surface area contributed by atoms with E-state index < -0.39 is 6.04 Å². The zero-order valence-corrected chi connectivity index (χ0v) is 10.9. The van der Waals surface area contributed by atoms with Crippen LogP contribution < -0.4 is 5.32 Å². The van der Waals surface area contributed by atoms with Gasteiger partial charge in [-0.25, -0.2) is 4.98 Å². The van der Waals surface area contributed by atoms with Crippen LogP contribution in [0.5, 0.6) is 0 Å². The minimum absolute atomic E-state index is 0.103. The average molecular weight is 253 g/mol. The first kappa shape index (κ1) is 12.0. The molecule has 0 spiro atoms. The van der Waals surface area contributed by atoms with E-state index in [1.54, 1.807) is 11.8 Å². The highest BCUT2D eigenvalue weighted by Crippen LogP contribution is 2.19. The number of amides is 2. The number of rotatable bonds is 1. The second-order valence-corrected chi connectivity index (χ2v) is 5.51. The van der Waals surface area contributed by atoms with Gasteiger partial charge in [0.05, 0.1) is 5.01 Å². The predicted molar refractivity (Wildman–Crippen MR) is 65.1 cm³/mol. The smallest absolute Gasteiger partial charge is 0.274 e. The molecule has 1 aromatic rings. The van der Waals surface area contributed by atoms with Crippen LogP contribution in [-0.2, 0) is 4.79 Å². The molecule has 1 aliphatic heterocycles. The van der Waals surface area contributed by atoms with Crippen LogP contribution in [0.3, 0.4) is 0 Å². The van der Waals surface area contributed by atoms with E-state index in [4.69, 9.17) is 0 Å². The fourth-order valence-electron chi connectivity index (χ4n) is 1.92. The Balaban J connectivity index is 2.25. The normalized spacial score (nSPS) is 20.3. The highest BCUT2D eigenvalue weighted by Gasteiger charge is 2.31. The zero-order valence-electron chi connectivity index (χ0n) is 10.1. The summed E-state index contributed by atoms with van der Waals surface area (Å²) in [6.07, 6.45) is 0. The topological polar surface area (TPSA) is 62.3 Å². The first-order valence-corrected chi connectivity index (χ1v) is 6.35. The van der Waals surface area contributed by atoms with Gasteiger partial charge in [0.15, 0.2) is 0 Å². The molecule has 6 heteroatoms. The first-order chi connectivity index (χ1) is 8.00. The van der Waals surface area contributed by atoms with Crippen molar-refractivity contribution in [2.24, 2.45) is 0 Å². The molecule has 0 bridgehead atoms. The molecule has 92 valence electrons. The molecule has 17 heavy (non-hydrogen) atoms. The number of hydrogen-bond acceptors (Lipinski definition) is 4. The molecule has 0 aliphatic carbocycles. The summed E-state index contributed by atoms with van der Waals surface area (Å²) >= 11 is 1.50. The molecule has 2 heterocycles. The molecule has 0 radical (unpaired) electrons. The zero-order chi connectivity index (χ0) is 12.6. The second-order valence-electron chi connectivity index (χ2n) is 4.10. The van der Waals surface area contributed by atoms with E-state index in [-0.39, 0.29) is 11.8 Å². The van der Waals surface area contributed by atoms with Crippen molar-refractivity contribution in [1.82, 2.24) is 15.2 Å². The van der Waals surface area contributed by atoms with Gasteiger partial charge in [0, 0.05) is 18.0 Å². The Morgan fingerprint density at radius 2 is 2.24 bits per heavy atom. The van der Waals surface area contributed by atoms with E-state index >= 15 is 0 Å². The van der Waals surface area contributed by atoms with Crippen molar-refractivity contribution >= 4 is 23.2 Å². The number of nitrogens with one attached hydrogen (secondary N) is 1. The third-order valence-corrected chi connectivity index (χ3v) is 3.75. The molecule has 1 aromatic heterocycles. The van der Waals surface area contributed by atoms with E-state index in [0.717, 1.165) is 9.88 Å². The summed E-state index contributed by atoms with van der Waals surface area (Å²) in [4.78, 5) is 30.5. The van der Waals surface area contributed by atoms with Crippen molar-refractivity contribution in [3.05, 3.63) is 15.6 Å². The van der Waals surface area contributed by atoms with Crippen LogP contribution in [0.4, 0.5) is 0 Å². The van der Waals surface area contributed by atoms with Gasteiger partial charge in [-0.3, -0.25) is 9.59 Å². The highest BCUT2D eigenvalue weighted by molar-refractivity contribution is 7.11. The number of hydrogen-bond donors (Lipinski definition) is 1. The monoisotopic (exact) mass is 253 g/mol. The molecule has 1 aliphatic rings. The number of aromatic nitrogens is 1. The summed E-state index contributed by atoms with van der Waals surface area (Å²) in [5.74, 6) is -0.247. The van der Waals surface area contributed by atoms with Crippen LogP contribution in [0.15, 0.2) is 0 Å². The molecule has 0 aromatic carbocycles. The maximum atomic E-state index is 12.3. The van der Waals surface area contributed by atoms with Gasteiger partial charge in [-0.15, -0.1) is 11.3 Å². The second kappa shape index (κ2) is 4.44. The number of carbonyl (C=O) groups excluding carboxylic acids is 2. The van der Waals surface area contributed by atoms with Crippen LogP contribution in [-0.4, -0.2) is 40.8 Å². The number of carbonyl (C=O) groups is 2. The van der Waals surface area contributed by atoms with Gasteiger partial charge in [-0.05, 0) is 20.8 Å². The number of piperazine rings is 1. The summed E-state index contributed by atoms with van der Waals surface area (Å²) in [6, 6.07) is -0.419. The van der Waals surface area contributed by atoms with Crippen LogP contribution in [0.2, 0.25) is 0 Å². The van der Waals surface area contributed by atoms with Crippen molar-refractivity contribution in [3.63, 3.8) is 0 Å². The molecule has 1 N–H and O–H groups in total. The van der Waals surface area contributed by atoms with Crippen molar-refractivity contribution in [2.75, 3.05) is 13.1 Å². The summed E-state index contributed by atoms with van der Waals surface area (Å²) in [5, 5.41) is 3.61. The summed E-state index contributed by atoms with van der Waals surface area (Å²) in [7, 11) is 0. The van der Waals surface area contributed by atoms with Gasteiger partial charge in [0.25, 0.3) is 5.91 Å². The Kier molecular flexibility index (Phi) is 3.15. The molecular weight excluding hydrogens is 238 g/mol. The van der Waals surface area contributed by atoms with E-state index in [9.17, 15) is 9.59 Å². The molecule has 2 amide bonds. The fourth-order valence-corrected chi connectivity index (χ4v) is 2.73. The third-order valence-electron chi connectivity index (χ3n) is 2.87. The van der Waals surface area contributed by atoms with Gasteiger partial charge in [0.1, 0.15) is 11.7 Å². The van der Waals surface area contributed by atoms with Gasteiger partial charge < -0.3 is 10.2 Å². The molecule has 1 atom stereocenters. The maximum Gasteiger partial charge on any atom is 0.274 e. The first-order valence-electron chi connectivity index (χ1n) is 5.53. The minimum atomic E-state index is -0.419. The molecule has 0 saturated carbocycles. The SMILES string of the molecule is Cc1nc(C(=O)N2CCNC(=O)C2C)c(C)s1. The van der Waals surface area contributed by atoms with E-state index in [2.05, 4.69) is 10.3 Å². The molecule has 1 fully saturated rings. The highest BCUT2D eigenvalue weighted by atomic mass is 32.1. The summed E-state index contributed by atoms with van der Waals surface area (Å²) in [6.45, 7) is 6.55. The predicted octanol–water partition coefficient (Wildman–Crippen LogP) is 0.720. The lowest BCUT2D eigenvalue weighted by molar-refractivity contribution is -0.127. The lowest BCUT2D eigenvalue weighted by Crippen LogP contribution is -2.56.